The van der Waals surface area contributed by atoms with Crippen LogP contribution < -0.4 is 0 Å². The summed E-state index contributed by atoms with van der Waals surface area (Å²) in [6.07, 6.45) is 4.35. The SMILES string of the molecule is C=CC=COC(=O)C(=C)c1ccccc1. The molecule has 1 aromatic carbocycles. The third-order valence-corrected chi connectivity index (χ3v) is 1.76. The van der Waals surface area contributed by atoms with Crippen LogP contribution in [0.15, 0.2) is 61.9 Å². The maximum absolute atomic E-state index is 11.4. The lowest BCUT2D eigenvalue weighted by atomic mass is 10.1. The Kier molecular flexibility index (Phi) is 4.10. The molecule has 1 rings (SSSR count). The van der Waals surface area contributed by atoms with E-state index in [1.807, 2.05) is 18.2 Å². The summed E-state index contributed by atoms with van der Waals surface area (Å²) < 4.78 is 4.81. The molecule has 0 aliphatic rings. The average Bonchev–Trinajstić information content (AvgIpc) is 2.29. The fourth-order valence-electron chi connectivity index (χ4n) is 0.985. The summed E-state index contributed by atoms with van der Waals surface area (Å²) in [5, 5.41) is 0. The van der Waals surface area contributed by atoms with Crippen LogP contribution in [0.25, 0.3) is 5.57 Å². The molecule has 1 aromatic rings. The average molecular weight is 200 g/mol. The van der Waals surface area contributed by atoms with E-state index in [-0.39, 0.29) is 0 Å². The van der Waals surface area contributed by atoms with Gasteiger partial charge in [-0.2, -0.15) is 0 Å². The van der Waals surface area contributed by atoms with Crippen LogP contribution in [0, 0.1) is 0 Å². The highest BCUT2D eigenvalue weighted by Crippen LogP contribution is 2.12. The zero-order valence-electron chi connectivity index (χ0n) is 8.35. The lowest BCUT2D eigenvalue weighted by molar-refractivity contribution is -0.131. The number of allylic oxidation sites excluding steroid dienone is 2. The minimum atomic E-state index is -0.459. The van der Waals surface area contributed by atoms with Crippen molar-refractivity contribution in [1.29, 1.82) is 0 Å². The van der Waals surface area contributed by atoms with E-state index < -0.39 is 5.97 Å². The van der Waals surface area contributed by atoms with Crippen molar-refractivity contribution in [3.63, 3.8) is 0 Å². The predicted octanol–water partition coefficient (Wildman–Crippen LogP) is 2.94. The molecule has 15 heavy (non-hydrogen) atoms. The van der Waals surface area contributed by atoms with Crippen molar-refractivity contribution in [3.05, 3.63) is 67.5 Å². The van der Waals surface area contributed by atoms with Crippen LogP contribution in [-0.4, -0.2) is 5.97 Å². The van der Waals surface area contributed by atoms with Gasteiger partial charge < -0.3 is 4.74 Å². The lowest BCUT2D eigenvalue weighted by Crippen LogP contribution is -2.01. The van der Waals surface area contributed by atoms with Gasteiger partial charge in [0, 0.05) is 0 Å². The van der Waals surface area contributed by atoms with Crippen LogP contribution in [0.2, 0.25) is 0 Å². The van der Waals surface area contributed by atoms with E-state index >= 15 is 0 Å². The standard InChI is InChI=1S/C13H12O2/c1-3-4-10-15-13(14)11(2)12-8-6-5-7-9-12/h3-10H,1-2H2. The lowest BCUT2D eigenvalue weighted by Gasteiger charge is -2.02. The van der Waals surface area contributed by atoms with Crippen LogP contribution in [0.5, 0.6) is 0 Å². The second-order valence-electron chi connectivity index (χ2n) is 2.81. The number of ether oxygens (including phenoxy) is 1. The van der Waals surface area contributed by atoms with Gasteiger partial charge in [-0.05, 0) is 11.6 Å². The molecule has 0 atom stereocenters. The number of rotatable bonds is 4. The van der Waals surface area contributed by atoms with Crippen molar-refractivity contribution in [1.82, 2.24) is 0 Å². The molecule has 0 aliphatic heterocycles. The minimum absolute atomic E-state index is 0.337. The van der Waals surface area contributed by atoms with Gasteiger partial charge in [-0.15, -0.1) is 0 Å². The number of esters is 1. The molecule has 0 aromatic heterocycles. The Morgan fingerprint density at radius 2 is 1.93 bits per heavy atom. The summed E-state index contributed by atoms with van der Waals surface area (Å²) in [6.45, 7) is 7.13. The Labute approximate surface area is 89.2 Å². The summed E-state index contributed by atoms with van der Waals surface area (Å²) in [7, 11) is 0. The molecule has 0 spiro atoms. The zero-order valence-corrected chi connectivity index (χ0v) is 8.35. The van der Waals surface area contributed by atoms with Crippen molar-refractivity contribution in [2.45, 2.75) is 0 Å². The topological polar surface area (TPSA) is 26.3 Å². The van der Waals surface area contributed by atoms with Gasteiger partial charge in [0.05, 0.1) is 11.8 Å². The molecular weight excluding hydrogens is 188 g/mol. The fourth-order valence-corrected chi connectivity index (χ4v) is 0.985. The Morgan fingerprint density at radius 3 is 2.53 bits per heavy atom. The Hall–Kier alpha value is -2.09. The molecular formula is C13H12O2. The van der Waals surface area contributed by atoms with Crippen LogP contribution in [-0.2, 0) is 9.53 Å². The van der Waals surface area contributed by atoms with Crippen molar-refractivity contribution < 1.29 is 9.53 Å². The quantitative estimate of drug-likeness (QED) is 0.323. The molecule has 0 radical (unpaired) electrons. The summed E-state index contributed by atoms with van der Waals surface area (Å²) in [5.41, 5.74) is 1.10. The second-order valence-corrected chi connectivity index (χ2v) is 2.81. The van der Waals surface area contributed by atoms with E-state index in [0.717, 1.165) is 5.56 Å². The number of carbonyl (C=O) groups is 1. The molecule has 2 nitrogen and oxygen atoms in total. The molecule has 2 heteroatoms. The first-order valence-corrected chi connectivity index (χ1v) is 4.48. The van der Waals surface area contributed by atoms with Crippen molar-refractivity contribution in [3.8, 4) is 0 Å². The summed E-state index contributed by atoms with van der Waals surface area (Å²) >= 11 is 0. The normalized spacial score (nSPS) is 9.87. The molecule has 0 fully saturated rings. The van der Waals surface area contributed by atoms with E-state index in [9.17, 15) is 4.79 Å². The third kappa shape index (κ3) is 3.27. The zero-order chi connectivity index (χ0) is 11.1. The van der Waals surface area contributed by atoms with Crippen molar-refractivity contribution in [2.24, 2.45) is 0 Å². The van der Waals surface area contributed by atoms with Gasteiger partial charge in [0.2, 0.25) is 0 Å². The Balaban J connectivity index is 2.66. The summed E-state index contributed by atoms with van der Waals surface area (Å²) in [4.78, 5) is 11.4. The fraction of sp³-hybridized carbons (Fsp3) is 0. The third-order valence-electron chi connectivity index (χ3n) is 1.76. The molecule has 0 unspecified atom stereocenters. The smallest absolute Gasteiger partial charge is 0.342 e. The highest BCUT2D eigenvalue weighted by atomic mass is 16.5. The van der Waals surface area contributed by atoms with Gasteiger partial charge in [0.1, 0.15) is 0 Å². The Morgan fingerprint density at radius 1 is 1.27 bits per heavy atom. The van der Waals surface area contributed by atoms with E-state index in [1.165, 1.54) is 18.4 Å². The van der Waals surface area contributed by atoms with Gasteiger partial charge in [0.15, 0.2) is 0 Å². The maximum Gasteiger partial charge on any atom is 0.342 e. The summed E-state index contributed by atoms with van der Waals surface area (Å²) in [6, 6.07) is 9.17. The summed E-state index contributed by atoms with van der Waals surface area (Å²) in [5.74, 6) is -0.459. The molecule has 0 bridgehead atoms. The van der Waals surface area contributed by atoms with E-state index in [2.05, 4.69) is 13.2 Å². The minimum Gasteiger partial charge on any atom is -0.431 e. The molecule has 0 saturated heterocycles. The van der Waals surface area contributed by atoms with Crippen LogP contribution >= 0.6 is 0 Å². The highest BCUT2D eigenvalue weighted by molar-refractivity contribution is 6.15. The molecule has 0 saturated carbocycles. The molecule has 0 aliphatic carbocycles. The van der Waals surface area contributed by atoms with Crippen molar-refractivity contribution in [2.75, 3.05) is 0 Å². The van der Waals surface area contributed by atoms with Gasteiger partial charge in [-0.1, -0.05) is 49.6 Å². The first-order chi connectivity index (χ1) is 7.25. The van der Waals surface area contributed by atoms with Gasteiger partial charge in [-0.25, -0.2) is 4.79 Å². The number of carbonyl (C=O) groups excluding carboxylic acids is 1. The van der Waals surface area contributed by atoms with E-state index in [1.54, 1.807) is 12.1 Å². The van der Waals surface area contributed by atoms with E-state index in [4.69, 9.17) is 4.74 Å². The monoisotopic (exact) mass is 200 g/mol. The number of hydrogen-bond donors (Lipinski definition) is 0. The highest BCUT2D eigenvalue weighted by Gasteiger charge is 2.08. The van der Waals surface area contributed by atoms with Crippen LogP contribution in [0.1, 0.15) is 5.56 Å². The first kappa shape index (κ1) is 11.0. The molecule has 0 heterocycles. The Bertz CT molecular complexity index is 388. The number of benzene rings is 1. The molecule has 0 N–H and O–H groups in total. The second kappa shape index (κ2) is 5.60. The van der Waals surface area contributed by atoms with Crippen molar-refractivity contribution >= 4 is 11.5 Å². The number of hydrogen-bond acceptors (Lipinski definition) is 2. The molecule has 0 amide bonds. The maximum atomic E-state index is 11.4. The van der Waals surface area contributed by atoms with Gasteiger partial charge >= 0.3 is 5.97 Å². The first-order valence-electron chi connectivity index (χ1n) is 4.48. The van der Waals surface area contributed by atoms with Gasteiger partial charge in [-0.3, -0.25) is 0 Å². The largest absolute Gasteiger partial charge is 0.431 e. The predicted molar refractivity (Wildman–Crippen MR) is 60.9 cm³/mol. The molecule has 76 valence electrons. The van der Waals surface area contributed by atoms with Crippen LogP contribution in [0.4, 0.5) is 0 Å². The van der Waals surface area contributed by atoms with Crippen LogP contribution in [0.3, 0.4) is 0 Å². The van der Waals surface area contributed by atoms with Gasteiger partial charge in [0.25, 0.3) is 0 Å². The van der Waals surface area contributed by atoms with E-state index in [0.29, 0.717) is 5.57 Å².